The molecule has 0 aliphatic rings. The molecule has 98 heavy (non-hydrogen) atoms. The van der Waals surface area contributed by atoms with E-state index in [1.54, 1.807) is 69.2 Å². The van der Waals surface area contributed by atoms with Crippen LogP contribution in [0.25, 0.3) is 0 Å². The maximum atomic E-state index is 4.86. The summed E-state index contributed by atoms with van der Waals surface area (Å²) < 4.78 is 0. The summed E-state index contributed by atoms with van der Waals surface area (Å²) in [6.45, 7) is 24.8. The Balaban J connectivity index is -0.0000000414. The first kappa shape index (κ1) is 135. The number of rotatable bonds is 0. The Kier molecular flexibility index (Phi) is 286. The molecule has 0 amide bonds. The molecule has 0 atom stereocenters. The highest BCUT2D eigenvalue weighted by Gasteiger charge is 1.58. The molecule has 0 fully saturated rings. The van der Waals surface area contributed by atoms with Crippen molar-refractivity contribution in [1.82, 2.24) is 6.15 Å². The van der Waals surface area contributed by atoms with Crippen LogP contribution < -0.4 is 6.15 Å². The van der Waals surface area contributed by atoms with E-state index in [-0.39, 0.29) is 43.3 Å². The van der Waals surface area contributed by atoms with Gasteiger partial charge in [0.15, 0.2) is 0 Å². The molecule has 0 unspecified atom stereocenters. The smallest absolute Gasteiger partial charge is 0.00000000397 e. The Bertz CT molecular complexity index is 4610. The van der Waals surface area contributed by atoms with Gasteiger partial charge in [-0.3, -0.25) is 0 Å². The molecule has 0 saturated heterocycles. The Morgan fingerprint density at radius 2 is 0.204 bits per heavy atom. The van der Waals surface area contributed by atoms with Gasteiger partial charge < -0.3 is 6.15 Å². The molecule has 3 N–H and O–H groups in total. The maximum Gasteiger partial charge on any atom is -0.00000000397 e. The molecular formula is C97H77N. The zero-order chi connectivity index (χ0) is 72.7. The molecule has 0 rings (SSSR count). The van der Waals surface area contributed by atoms with E-state index < -0.39 is 0 Å². The van der Waals surface area contributed by atoms with Crippen LogP contribution in [0.4, 0.5) is 0 Å². The third-order valence-corrected chi connectivity index (χ3v) is 4.27. The van der Waals surface area contributed by atoms with E-state index in [2.05, 4.69) is 410 Å². The van der Waals surface area contributed by atoms with E-state index in [1.807, 2.05) is 27.7 Å². The van der Waals surface area contributed by atoms with Gasteiger partial charge in [0.25, 0.3) is 0 Å². The van der Waals surface area contributed by atoms with E-state index in [1.165, 1.54) is 0 Å². The molecule has 0 aromatic carbocycles. The van der Waals surface area contributed by atoms with E-state index >= 15 is 0 Å². The van der Waals surface area contributed by atoms with Crippen molar-refractivity contribution in [2.24, 2.45) is 0 Å². The molecule has 0 aromatic heterocycles. The Labute approximate surface area is 604 Å². The third-order valence-electron chi connectivity index (χ3n) is 4.27. The van der Waals surface area contributed by atoms with E-state index in [9.17, 15) is 0 Å². The SMILES string of the molecule is C.C.C.C.C.C#C.C#CC.C#CC#CC.C#CC#CC#C.C#CC#CC#CC.C#CC#CC#CC#CC.C#CC#CC#CC#CC#C.C#CC#CC#CC#CC#CC.C#CC#CC#CC#CC#CC#CC.CC.CC#CC.CC#CC#CC#CC.CC#CC#CC#CC#CC#CC.N. The highest BCUT2D eigenvalue weighted by Crippen LogP contribution is 1.60. The van der Waals surface area contributed by atoms with Gasteiger partial charge in [-0.2, -0.15) is 0 Å². The minimum atomic E-state index is 0. The van der Waals surface area contributed by atoms with Crippen molar-refractivity contribution in [2.75, 3.05) is 0 Å². The van der Waals surface area contributed by atoms with Gasteiger partial charge in [-0.15, -0.1) is 94.8 Å². The van der Waals surface area contributed by atoms with Crippen LogP contribution in [0.15, 0.2) is 0 Å². The average molecular weight is 1260 g/mol. The lowest BCUT2D eigenvalue weighted by atomic mass is 10.5. The Hall–Kier alpha value is -17.2. The molecule has 0 aromatic rings. The van der Waals surface area contributed by atoms with Crippen LogP contribution in [0.5, 0.6) is 0 Å². The van der Waals surface area contributed by atoms with Crippen molar-refractivity contribution in [3.05, 3.63) is 0 Å². The van der Waals surface area contributed by atoms with Crippen LogP contribution >= 0.6 is 0 Å². The molecule has 0 saturated carbocycles. The summed E-state index contributed by atoms with van der Waals surface area (Å²) >= 11 is 0. The molecule has 0 bridgehead atoms. The molecule has 470 valence electrons. The predicted molar refractivity (Wildman–Crippen MR) is 434 cm³/mol. The van der Waals surface area contributed by atoms with Crippen molar-refractivity contribution < 1.29 is 0 Å². The van der Waals surface area contributed by atoms with Gasteiger partial charge in [0.05, 0.1) is 0 Å². The van der Waals surface area contributed by atoms with Gasteiger partial charge in [0, 0.05) is 0 Å². The highest BCUT2D eigenvalue weighted by atomic mass is 14.0. The number of hydrogen-bond acceptors (Lipinski definition) is 1. The second-order valence-electron chi connectivity index (χ2n) is 9.96. The highest BCUT2D eigenvalue weighted by molar-refractivity contribution is 5.46. The van der Waals surface area contributed by atoms with Gasteiger partial charge in [0.2, 0.25) is 0 Å². The summed E-state index contributed by atoms with van der Waals surface area (Å²) in [6, 6.07) is 0. The topological polar surface area (TPSA) is 35.0 Å². The molecule has 1 nitrogen and oxygen atoms in total. The summed E-state index contributed by atoms with van der Waals surface area (Å²) in [7, 11) is 0. The standard InChI is InChI=1S/C13H4.C12H6.C11H4.C10H2.C9H4.C8H6.C7H4.C6H2.C5H4.C4H6.C3H4.C2H6.C2H2.5CH4.H3N/c1-3-5-7-9-11-13-12-10-8-6-4-2;1-3-5-7-9-11-12-10-8-6-4-2;1-3-5-7-9-11-10-8-6-4-2;1-3-5-7-9-10-8-6-4-2;1-3-5-7-9-8-6-4-2;1-3-5-7-8-6-4-2;1-3-5-7-6-4-2;1-3-5-6-4-2;1-3-5-4-2;1-3-4-2;1-3-2;2*1-2;;;;;;/h1H,2H3;1-2H3;1H,2H3;1-2H;1H,2H3;1-2H3;1H,2H3;1-2H;1H,2H3;1-2H3;1H,2H3;1-2H3;1-2H;5*1H4;1H3. The second kappa shape index (κ2) is 208. The zero-order valence-corrected chi connectivity index (χ0v) is 54.6. The van der Waals surface area contributed by atoms with Gasteiger partial charge in [0.1, 0.15) is 0 Å². The zero-order valence-electron chi connectivity index (χ0n) is 54.6. The minimum absolute atomic E-state index is 0. The maximum absolute atomic E-state index is 4.86. The quantitative estimate of drug-likeness (QED) is 0.241. The van der Waals surface area contributed by atoms with Gasteiger partial charge >= 0.3 is 0 Å². The van der Waals surface area contributed by atoms with E-state index in [4.69, 9.17) is 57.8 Å². The van der Waals surface area contributed by atoms with Crippen LogP contribution in [0.1, 0.15) is 134 Å². The molecular weight excluding hydrogens is 1180 g/mol. The first-order valence-corrected chi connectivity index (χ1v) is 24.0. The molecule has 0 spiro atoms. The number of hydrogen-bond donors (Lipinski definition) is 1. The monoisotopic (exact) mass is 1260 g/mol. The summed E-state index contributed by atoms with van der Waals surface area (Å²) in [5, 5.41) is 0. The lowest BCUT2D eigenvalue weighted by molar-refractivity contribution is 1.50. The molecule has 0 radical (unpaired) electrons. The van der Waals surface area contributed by atoms with E-state index in [0.717, 1.165) is 0 Å². The van der Waals surface area contributed by atoms with Crippen LogP contribution in [0.2, 0.25) is 0 Å². The molecule has 0 aliphatic carbocycles. The fraction of sp³-hybridized carbons (Fsp3) is 0.196. The lowest BCUT2D eigenvalue weighted by Crippen LogP contribution is -1.54. The molecule has 0 aliphatic heterocycles. The van der Waals surface area contributed by atoms with Crippen LogP contribution in [-0.4, -0.2) is 0 Å². The summed E-state index contributed by atoms with van der Waals surface area (Å²) in [4.78, 5) is 0. The molecule has 1 heteroatoms. The summed E-state index contributed by atoms with van der Waals surface area (Å²) in [5.74, 6) is 161. The van der Waals surface area contributed by atoms with Crippen molar-refractivity contribution in [1.29, 1.82) is 0 Å². The molecule has 0 heterocycles. The van der Waals surface area contributed by atoms with Crippen LogP contribution in [-0.2, 0) is 0 Å². The van der Waals surface area contributed by atoms with Gasteiger partial charge in [-0.05, 0) is 403 Å². The van der Waals surface area contributed by atoms with Crippen LogP contribution in [0, 0.1) is 468 Å². The first-order valence-electron chi connectivity index (χ1n) is 24.0. The van der Waals surface area contributed by atoms with Crippen molar-refractivity contribution >= 4 is 0 Å². The number of terminal acetylenes is 11. The van der Waals surface area contributed by atoms with Crippen LogP contribution in [0.3, 0.4) is 0 Å². The largest absolute Gasteiger partial charge is 0.344 e. The fourth-order valence-electron chi connectivity index (χ4n) is 1.74. The van der Waals surface area contributed by atoms with Crippen molar-refractivity contribution in [3.63, 3.8) is 0 Å². The van der Waals surface area contributed by atoms with Crippen molar-refractivity contribution in [2.45, 2.75) is 134 Å². The minimum Gasteiger partial charge on any atom is -0.344 e. The second-order valence-corrected chi connectivity index (χ2v) is 9.96. The summed E-state index contributed by atoms with van der Waals surface area (Å²) in [6.07, 6.45) is 55.6. The Morgan fingerprint density at radius 3 is 0.276 bits per heavy atom. The van der Waals surface area contributed by atoms with Gasteiger partial charge in [-0.1, -0.05) is 104 Å². The fourth-order valence-corrected chi connectivity index (χ4v) is 1.74. The normalized spacial score (nSPS) is 3.24. The van der Waals surface area contributed by atoms with Gasteiger partial charge in [-0.25, -0.2) is 0 Å². The third kappa shape index (κ3) is 334. The predicted octanol–water partition coefficient (Wildman–Crippen LogP) is 12.1. The average Bonchev–Trinajstić information content (AvgIpc) is 3.59. The Morgan fingerprint density at radius 1 is 0.133 bits per heavy atom. The van der Waals surface area contributed by atoms with E-state index in [0.29, 0.717) is 0 Å². The summed E-state index contributed by atoms with van der Waals surface area (Å²) in [5.41, 5.74) is 0. The van der Waals surface area contributed by atoms with Crippen molar-refractivity contribution in [3.8, 4) is 468 Å². The lowest BCUT2D eigenvalue weighted by Gasteiger charge is -1.54. The first-order chi connectivity index (χ1) is 45.1.